The van der Waals surface area contributed by atoms with E-state index in [-0.39, 0.29) is 36.1 Å². The zero-order valence-electron chi connectivity index (χ0n) is 15.6. The van der Waals surface area contributed by atoms with Crippen molar-refractivity contribution >= 4 is 29.9 Å². The lowest BCUT2D eigenvalue weighted by Gasteiger charge is -2.18. The molecule has 1 amide bonds. The number of rotatable bonds is 4. The summed E-state index contributed by atoms with van der Waals surface area (Å²) in [5.74, 6) is 0.706. The van der Waals surface area contributed by atoms with Crippen LogP contribution in [-0.2, 0) is 16.6 Å². The number of carbonyl (C=O) groups is 1. The third-order valence-electron chi connectivity index (χ3n) is 4.11. The van der Waals surface area contributed by atoms with Crippen LogP contribution in [0.1, 0.15) is 31.9 Å². The number of H-pyrrole nitrogens is 1. The van der Waals surface area contributed by atoms with Gasteiger partial charge in [0.25, 0.3) is 0 Å². The average Bonchev–Trinajstić information content (AvgIpc) is 3.04. The molecule has 0 aliphatic heterocycles. The Labute approximate surface area is 165 Å². The number of nitrogen functional groups attached to an aromatic ring is 1. The van der Waals surface area contributed by atoms with Crippen LogP contribution in [0.3, 0.4) is 0 Å². The molecule has 0 saturated carbocycles. The van der Waals surface area contributed by atoms with E-state index in [2.05, 4.69) is 53.4 Å². The maximum Gasteiger partial charge on any atom is 0.249 e. The van der Waals surface area contributed by atoms with Gasteiger partial charge in [0, 0.05) is 11.3 Å². The van der Waals surface area contributed by atoms with Crippen LogP contribution in [0.5, 0.6) is 0 Å². The molecule has 0 bridgehead atoms. The molecule has 2 aromatic carbocycles. The summed E-state index contributed by atoms with van der Waals surface area (Å²) in [4.78, 5) is 16.5. The number of anilines is 2. The maximum atomic E-state index is 12.1. The molecule has 0 unspecified atom stereocenters. The van der Waals surface area contributed by atoms with Crippen LogP contribution < -0.4 is 11.1 Å². The van der Waals surface area contributed by atoms with E-state index in [1.54, 1.807) is 12.1 Å². The molecule has 0 spiro atoms. The van der Waals surface area contributed by atoms with Crippen LogP contribution >= 0.6 is 12.4 Å². The minimum atomic E-state index is -0.177. The van der Waals surface area contributed by atoms with Crippen LogP contribution in [0.15, 0.2) is 48.5 Å². The minimum absolute atomic E-state index is 0. The highest BCUT2D eigenvalue weighted by atomic mass is 35.5. The fourth-order valence-electron chi connectivity index (χ4n) is 2.56. The predicted octanol–water partition coefficient (Wildman–Crippen LogP) is 3.95. The Bertz CT molecular complexity index is 895. The van der Waals surface area contributed by atoms with Crippen LogP contribution in [0.25, 0.3) is 11.4 Å². The summed E-state index contributed by atoms with van der Waals surface area (Å²) >= 11 is 0. The van der Waals surface area contributed by atoms with Crippen molar-refractivity contribution in [2.24, 2.45) is 0 Å². The molecule has 1 aromatic heterocycles. The quantitative estimate of drug-likeness (QED) is 0.592. The largest absolute Gasteiger partial charge is 0.399 e. The van der Waals surface area contributed by atoms with Gasteiger partial charge in [-0.3, -0.25) is 15.2 Å². The molecule has 0 aliphatic rings. The molecule has 0 radical (unpaired) electrons. The molecule has 0 saturated heterocycles. The van der Waals surface area contributed by atoms with Gasteiger partial charge in [0.2, 0.25) is 11.9 Å². The topological polar surface area (TPSA) is 96.7 Å². The Kier molecular flexibility index (Phi) is 6.23. The van der Waals surface area contributed by atoms with Gasteiger partial charge in [-0.1, -0.05) is 57.2 Å². The molecule has 27 heavy (non-hydrogen) atoms. The second-order valence-electron chi connectivity index (χ2n) is 7.30. The number of aromatic amines is 1. The second kappa shape index (κ2) is 8.22. The van der Waals surface area contributed by atoms with E-state index in [1.165, 1.54) is 5.56 Å². The van der Waals surface area contributed by atoms with Crippen molar-refractivity contribution in [2.75, 3.05) is 11.1 Å². The van der Waals surface area contributed by atoms with Gasteiger partial charge in [0.15, 0.2) is 5.82 Å². The molecule has 0 atom stereocenters. The number of aromatic nitrogens is 3. The number of halogens is 1. The summed E-state index contributed by atoms with van der Waals surface area (Å²) in [6.45, 7) is 6.52. The number of nitrogens with two attached hydrogens (primary N) is 1. The predicted molar refractivity (Wildman–Crippen MR) is 111 cm³/mol. The molecular formula is C20H24ClN5O. The van der Waals surface area contributed by atoms with E-state index in [1.807, 2.05) is 24.3 Å². The van der Waals surface area contributed by atoms with E-state index >= 15 is 0 Å². The van der Waals surface area contributed by atoms with Crippen molar-refractivity contribution in [3.05, 3.63) is 59.7 Å². The Morgan fingerprint density at radius 1 is 1.07 bits per heavy atom. The van der Waals surface area contributed by atoms with Gasteiger partial charge in [-0.15, -0.1) is 17.5 Å². The fourth-order valence-corrected chi connectivity index (χ4v) is 2.56. The van der Waals surface area contributed by atoms with Gasteiger partial charge >= 0.3 is 0 Å². The molecular weight excluding hydrogens is 362 g/mol. The zero-order chi connectivity index (χ0) is 18.7. The maximum absolute atomic E-state index is 12.1. The zero-order valence-corrected chi connectivity index (χ0v) is 16.4. The number of hydrogen-bond acceptors (Lipinski definition) is 4. The first kappa shape index (κ1) is 20.5. The van der Waals surface area contributed by atoms with E-state index < -0.39 is 0 Å². The van der Waals surface area contributed by atoms with Crippen molar-refractivity contribution in [2.45, 2.75) is 32.6 Å². The molecule has 0 aliphatic carbocycles. The highest BCUT2D eigenvalue weighted by Gasteiger charge is 2.14. The highest BCUT2D eigenvalue weighted by molar-refractivity contribution is 5.90. The average molecular weight is 386 g/mol. The van der Waals surface area contributed by atoms with Gasteiger partial charge in [-0.2, -0.15) is 4.98 Å². The molecule has 7 heteroatoms. The third kappa shape index (κ3) is 5.31. The number of amides is 1. The molecule has 3 rings (SSSR count). The summed E-state index contributed by atoms with van der Waals surface area (Å²) < 4.78 is 0. The first-order valence-electron chi connectivity index (χ1n) is 8.49. The van der Waals surface area contributed by atoms with Gasteiger partial charge in [-0.25, -0.2) is 0 Å². The standard InChI is InChI=1S/C20H23N5O.ClH/c1-20(2,3)15-8-6-14(7-9-15)18-23-19(25-24-18)22-17(26)12-13-4-10-16(21)11-5-13;/h4-11H,12,21H2,1-3H3,(H2,22,23,24,25,26);1H. The van der Waals surface area contributed by atoms with Gasteiger partial charge in [-0.05, 0) is 28.7 Å². The van der Waals surface area contributed by atoms with Gasteiger partial charge in [0.05, 0.1) is 6.42 Å². The SMILES string of the molecule is CC(C)(C)c1ccc(-c2nc(NC(=O)Cc3ccc(N)cc3)n[nH]2)cc1.Cl. The van der Waals surface area contributed by atoms with Crippen LogP contribution in [0.4, 0.5) is 11.6 Å². The molecule has 3 aromatic rings. The van der Waals surface area contributed by atoms with Crippen molar-refractivity contribution in [1.82, 2.24) is 15.2 Å². The Morgan fingerprint density at radius 2 is 1.70 bits per heavy atom. The second-order valence-corrected chi connectivity index (χ2v) is 7.30. The normalized spacial score (nSPS) is 10.9. The van der Waals surface area contributed by atoms with E-state index in [0.29, 0.717) is 11.5 Å². The first-order valence-corrected chi connectivity index (χ1v) is 8.49. The molecule has 1 heterocycles. The molecule has 142 valence electrons. The summed E-state index contributed by atoms with van der Waals surface area (Å²) in [6.07, 6.45) is 0.241. The number of benzene rings is 2. The number of carbonyl (C=O) groups excluding carboxylic acids is 1. The Balaban J connectivity index is 0.00000261. The van der Waals surface area contributed by atoms with E-state index in [0.717, 1.165) is 11.1 Å². The van der Waals surface area contributed by atoms with Crippen LogP contribution in [0.2, 0.25) is 0 Å². The van der Waals surface area contributed by atoms with E-state index in [9.17, 15) is 4.79 Å². The summed E-state index contributed by atoms with van der Waals surface area (Å²) in [7, 11) is 0. The lowest BCUT2D eigenvalue weighted by Crippen LogP contribution is -2.15. The molecule has 0 fully saturated rings. The molecule has 4 N–H and O–H groups in total. The Hall–Kier alpha value is -2.86. The third-order valence-corrected chi connectivity index (χ3v) is 4.11. The number of nitrogens with one attached hydrogen (secondary N) is 2. The van der Waals surface area contributed by atoms with Crippen molar-refractivity contribution in [3.63, 3.8) is 0 Å². The Morgan fingerprint density at radius 3 is 2.30 bits per heavy atom. The summed E-state index contributed by atoms with van der Waals surface area (Å²) in [5, 5.41) is 9.64. The van der Waals surface area contributed by atoms with Gasteiger partial charge < -0.3 is 5.73 Å². The van der Waals surface area contributed by atoms with Crippen molar-refractivity contribution in [1.29, 1.82) is 0 Å². The van der Waals surface area contributed by atoms with Crippen LogP contribution in [0, 0.1) is 0 Å². The lowest BCUT2D eigenvalue weighted by molar-refractivity contribution is -0.115. The summed E-state index contributed by atoms with van der Waals surface area (Å²) in [6, 6.07) is 15.4. The summed E-state index contributed by atoms with van der Waals surface area (Å²) in [5.41, 5.74) is 9.47. The van der Waals surface area contributed by atoms with Gasteiger partial charge in [0.1, 0.15) is 0 Å². The smallest absolute Gasteiger partial charge is 0.249 e. The fraction of sp³-hybridized carbons (Fsp3) is 0.250. The number of hydrogen-bond donors (Lipinski definition) is 3. The first-order chi connectivity index (χ1) is 12.3. The van der Waals surface area contributed by atoms with E-state index in [4.69, 9.17) is 5.73 Å². The lowest BCUT2D eigenvalue weighted by atomic mass is 9.87. The molecule has 6 nitrogen and oxygen atoms in total. The monoisotopic (exact) mass is 385 g/mol. The van der Waals surface area contributed by atoms with Crippen molar-refractivity contribution in [3.8, 4) is 11.4 Å². The highest BCUT2D eigenvalue weighted by Crippen LogP contribution is 2.25. The van der Waals surface area contributed by atoms with Crippen LogP contribution in [-0.4, -0.2) is 21.1 Å². The number of nitrogens with zero attached hydrogens (tertiary/aromatic N) is 2. The van der Waals surface area contributed by atoms with Crippen molar-refractivity contribution < 1.29 is 4.79 Å². The minimum Gasteiger partial charge on any atom is -0.399 e.